The lowest BCUT2D eigenvalue weighted by atomic mass is 10.2. The van der Waals surface area contributed by atoms with Crippen molar-refractivity contribution in [2.45, 2.75) is 33.7 Å². The van der Waals surface area contributed by atoms with Crippen molar-refractivity contribution in [2.75, 3.05) is 0 Å². The van der Waals surface area contributed by atoms with Gasteiger partial charge in [-0.3, -0.25) is 4.79 Å². The molecule has 0 atom stereocenters. The second kappa shape index (κ2) is 4.94. The van der Waals surface area contributed by atoms with E-state index in [1.54, 1.807) is 0 Å². The third kappa shape index (κ3) is 2.46. The molecule has 5 heteroatoms. The van der Waals surface area contributed by atoms with Gasteiger partial charge in [0.1, 0.15) is 5.76 Å². The maximum Gasteiger partial charge on any atom is 0.261 e. The van der Waals surface area contributed by atoms with Crippen LogP contribution in [-0.4, -0.2) is 17.1 Å². The van der Waals surface area contributed by atoms with Crippen molar-refractivity contribution in [3.05, 3.63) is 28.5 Å². The molecule has 0 radical (unpaired) electrons. The van der Waals surface area contributed by atoms with Gasteiger partial charge >= 0.3 is 0 Å². The van der Waals surface area contributed by atoms with Gasteiger partial charge in [-0.15, -0.1) is 11.3 Å². The van der Waals surface area contributed by atoms with Crippen molar-refractivity contribution in [3.8, 4) is 10.4 Å². The number of carbonyl (C=O) groups is 1. The number of aromatic nitrogens is 1. The molecule has 0 aliphatic rings. The molecule has 0 bridgehead atoms. The van der Waals surface area contributed by atoms with E-state index in [1.807, 2.05) is 39.8 Å². The van der Waals surface area contributed by atoms with E-state index in [-0.39, 0.29) is 11.9 Å². The summed E-state index contributed by atoms with van der Waals surface area (Å²) >= 11 is 1.46. The molecule has 96 valence electrons. The Morgan fingerprint density at radius 1 is 1.39 bits per heavy atom. The van der Waals surface area contributed by atoms with Gasteiger partial charge in [0.25, 0.3) is 5.91 Å². The molecule has 2 aromatic heterocycles. The van der Waals surface area contributed by atoms with E-state index in [0.29, 0.717) is 4.88 Å². The van der Waals surface area contributed by atoms with Gasteiger partial charge in [0, 0.05) is 10.9 Å². The maximum absolute atomic E-state index is 11.9. The molecular weight excluding hydrogens is 248 g/mol. The fourth-order valence-electron chi connectivity index (χ4n) is 1.76. The summed E-state index contributed by atoms with van der Waals surface area (Å²) in [6.07, 6.45) is 0. The third-order valence-corrected chi connectivity index (χ3v) is 3.63. The van der Waals surface area contributed by atoms with Gasteiger partial charge in [0.2, 0.25) is 0 Å². The van der Waals surface area contributed by atoms with Crippen LogP contribution in [0.15, 0.2) is 16.7 Å². The summed E-state index contributed by atoms with van der Waals surface area (Å²) in [6.45, 7) is 7.67. The SMILES string of the molecule is Cc1noc(C)c1-c1ccc(C(=O)NC(C)C)s1. The van der Waals surface area contributed by atoms with Crippen LogP contribution in [0.5, 0.6) is 0 Å². The molecule has 0 saturated carbocycles. The van der Waals surface area contributed by atoms with Gasteiger partial charge in [-0.05, 0) is 39.8 Å². The van der Waals surface area contributed by atoms with Crippen molar-refractivity contribution >= 4 is 17.2 Å². The topological polar surface area (TPSA) is 55.1 Å². The van der Waals surface area contributed by atoms with Crippen molar-refractivity contribution in [3.63, 3.8) is 0 Å². The summed E-state index contributed by atoms with van der Waals surface area (Å²) in [5, 5.41) is 6.81. The first kappa shape index (κ1) is 12.8. The number of hydrogen-bond donors (Lipinski definition) is 1. The van der Waals surface area contributed by atoms with Crippen LogP contribution in [0.2, 0.25) is 0 Å². The van der Waals surface area contributed by atoms with Crippen molar-refractivity contribution in [1.29, 1.82) is 0 Å². The molecule has 18 heavy (non-hydrogen) atoms. The second-order valence-corrected chi connectivity index (χ2v) is 5.58. The summed E-state index contributed by atoms with van der Waals surface area (Å²) in [4.78, 5) is 13.6. The molecule has 2 heterocycles. The zero-order chi connectivity index (χ0) is 13.3. The number of thiophene rings is 1. The Balaban J connectivity index is 2.29. The largest absolute Gasteiger partial charge is 0.361 e. The highest BCUT2D eigenvalue weighted by Crippen LogP contribution is 2.32. The molecule has 0 spiro atoms. The Morgan fingerprint density at radius 2 is 2.11 bits per heavy atom. The van der Waals surface area contributed by atoms with Gasteiger partial charge in [-0.2, -0.15) is 0 Å². The van der Waals surface area contributed by atoms with Gasteiger partial charge < -0.3 is 9.84 Å². The maximum atomic E-state index is 11.9. The predicted octanol–water partition coefficient (Wildman–Crippen LogP) is 3.16. The number of nitrogens with one attached hydrogen (secondary N) is 1. The fourth-order valence-corrected chi connectivity index (χ4v) is 2.82. The van der Waals surface area contributed by atoms with Crippen molar-refractivity contribution in [1.82, 2.24) is 10.5 Å². The Morgan fingerprint density at radius 3 is 2.67 bits per heavy atom. The molecule has 2 aromatic rings. The molecule has 0 saturated heterocycles. The van der Waals surface area contributed by atoms with Gasteiger partial charge in [-0.25, -0.2) is 0 Å². The van der Waals surface area contributed by atoms with Crippen LogP contribution in [0.25, 0.3) is 10.4 Å². The first-order chi connectivity index (χ1) is 8.49. The van der Waals surface area contributed by atoms with E-state index in [4.69, 9.17) is 4.52 Å². The number of nitrogens with zero attached hydrogens (tertiary/aromatic N) is 1. The van der Waals surface area contributed by atoms with E-state index in [1.165, 1.54) is 11.3 Å². The summed E-state index contributed by atoms with van der Waals surface area (Å²) in [5.41, 5.74) is 1.84. The van der Waals surface area contributed by atoms with Crippen LogP contribution in [0.1, 0.15) is 35.0 Å². The molecule has 0 aromatic carbocycles. The lowest BCUT2D eigenvalue weighted by Crippen LogP contribution is -2.29. The lowest BCUT2D eigenvalue weighted by Gasteiger charge is -2.05. The third-order valence-electron chi connectivity index (χ3n) is 2.53. The number of aryl methyl sites for hydroxylation is 2. The van der Waals surface area contributed by atoms with Crippen LogP contribution in [0.4, 0.5) is 0 Å². The summed E-state index contributed by atoms with van der Waals surface area (Å²) in [6, 6.07) is 3.91. The van der Waals surface area contributed by atoms with E-state index in [9.17, 15) is 4.79 Å². The summed E-state index contributed by atoms with van der Waals surface area (Å²) < 4.78 is 5.14. The normalized spacial score (nSPS) is 10.9. The monoisotopic (exact) mass is 264 g/mol. The zero-order valence-electron chi connectivity index (χ0n) is 10.9. The Hall–Kier alpha value is -1.62. The van der Waals surface area contributed by atoms with Crippen LogP contribution < -0.4 is 5.32 Å². The van der Waals surface area contributed by atoms with Crippen LogP contribution in [0.3, 0.4) is 0 Å². The van der Waals surface area contributed by atoms with E-state index in [0.717, 1.165) is 21.9 Å². The second-order valence-electron chi connectivity index (χ2n) is 4.49. The predicted molar refractivity (Wildman–Crippen MR) is 71.9 cm³/mol. The number of carbonyl (C=O) groups excluding carboxylic acids is 1. The smallest absolute Gasteiger partial charge is 0.261 e. The molecule has 0 unspecified atom stereocenters. The summed E-state index contributed by atoms with van der Waals surface area (Å²) in [5.74, 6) is 0.748. The van der Waals surface area contributed by atoms with Crippen LogP contribution in [-0.2, 0) is 0 Å². The van der Waals surface area contributed by atoms with Crippen LogP contribution in [0, 0.1) is 13.8 Å². The molecular formula is C13H16N2O2S. The molecule has 1 N–H and O–H groups in total. The number of amides is 1. The Bertz CT molecular complexity index is 550. The van der Waals surface area contributed by atoms with E-state index < -0.39 is 0 Å². The lowest BCUT2D eigenvalue weighted by molar-refractivity contribution is 0.0947. The molecule has 2 rings (SSSR count). The summed E-state index contributed by atoms with van der Waals surface area (Å²) in [7, 11) is 0. The molecule has 1 amide bonds. The fraction of sp³-hybridized carbons (Fsp3) is 0.385. The minimum atomic E-state index is -0.0342. The first-order valence-electron chi connectivity index (χ1n) is 5.83. The quantitative estimate of drug-likeness (QED) is 0.926. The minimum absolute atomic E-state index is 0.0342. The molecule has 0 fully saturated rings. The standard InChI is InChI=1S/C13H16N2O2S/c1-7(2)14-13(16)11-6-5-10(18-11)12-8(3)15-17-9(12)4/h5-7H,1-4H3,(H,14,16). The first-order valence-corrected chi connectivity index (χ1v) is 6.64. The number of hydrogen-bond acceptors (Lipinski definition) is 4. The van der Waals surface area contributed by atoms with Crippen molar-refractivity contribution in [2.24, 2.45) is 0 Å². The average Bonchev–Trinajstić information content (AvgIpc) is 2.85. The average molecular weight is 264 g/mol. The van der Waals surface area contributed by atoms with Crippen molar-refractivity contribution < 1.29 is 9.32 Å². The zero-order valence-corrected chi connectivity index (χ0v) is 11.7. The highest BCUT2D eigenvalue weighted by Gasteiger charge is 2.16. The Kier molecular flexibility index (Phi) is 3.52. The van der Waals surface area contributed by atoms with E-state index in [2.05, 4.69) is 10.5 Å². The van der Waals surface area contributed by atoms with Crippen LogP contribution >= 0.6 is 11.3 Å². The minimum Gasteiger partial charge on any atom is -0.361 e. The van der Waals surface area contributed by atoms with Gasteiger partial charge in [0.05, 0.1) is 16.1 Å². The molecule has 4 nitrogen and oxygen atoms in total. The highest BCUT2D eigenvalue weighted by atomic mass is 32.1. The van der Waals surface area contributed by atoms with Gasteiger partial charge in [-0.1, -0.05) is 5.16 Å². The van der Waals surface area contributed by atoms with E-state index >= 15 is 0 Å². The van der Waals surface area contributed by atoms with Gasteiger partial charge in [0.15, 0.2) is 0 Å². The highest BCUT2D eigenvalue weighted by molar-refractivity contribution is 7.17. The Labute approximate surface area is 110 Å². The number of rotatable bonds is 3. The molecule has 0 aliphatic carbocycles. The molecule has 0 aliphatic heterocycles.